The minimum atomic E-state index is -4.73. The average Bonchev–Trinajstić information content (AvgIpc) is 3.64. The molecule has 9 nitrogen and oxygen atoms in total. The predicted octanol–water partition coefficient (Wildman–Crippen LogP) is 6.71. The van der Waals surface area contributed by atoms with Crippen molar-refractivity contribution in [2.45, 2.75) is 37.8 Å². The number of ether oxygens (including phenoxy) is 2. The van der Waals surface area contributed by atoms with E-state index in [1.807, 2.05) is 0 Å². The molecule has 6 rings (SSSR count). The van der Waals surface area contributed by atoms with Gasteiger partial charge in [0.15, 0.2) is 38.7 Å². The first-order chi connectivity index (χ1) is 21.0. The van der Waals surface area contributed by atoms with E-state index in [4.69, 9.17) is 4.42 Å². The van der Waals surface area contributed by atoms with E-state index < -0.39 is 34.6 Å². The van der Waals surface area contributed by atoms with Crippen LogP contribution in [0.1, 0.15) is 22.8 Å². The van der Waals surface area contributed by atoms with Gasteiger partial charge in [-0.05, 0) is 66.1 Å². The lowest BCUT2D eigenvalue weighted by Crippen LogP contribution is -2.25. The SMILES string of the molecule is Cc1nc(-c2ccc3c(c2)OC(F)(F)O3)c(-c2cc(-c3ccc(CO)c(S(C)(=O)=O)c3)ccc2-n2nc(C(F)(F)F)cc2C)o1. The summed E-state index contributed by atoms with van der Waals surface area (Å²) in [5.41, 5.74) is 0.852. The normalized spacial score (nSPS) is 14.2. The number of alkyl halides is 5. The number of hydrogen-bond donors (Lipinski definition) is 1. The van der Waals surface area contributed by atoms with Crippen LogP contribution in [-0.2, 0) is 22.6 Å². The van der Waals surface area contributed by atoms with Gasteiger partial charge in [-0.25, -0.2) is 18.1 Å². The monoisotopic (exact) mass is 647 g/mol. The number of aliphatic hydroxyl groups is 1. The molecule has 3 heterocycles. The van der Waals surface area contributed by atoms with Crippen molar-refractivity contribution in [2.24, 2.45) is 0 Å². The van der Waals surface area contributed by atoms with E-state index in [0.29, 0.717) is 11.1 Å². The van der Waals surface area contributed by atoms with Crippen molar-refractivity contribution in [3.63, 3.8) is 0 Å². The third-order valence-corrected chi connectivity index (χ3v) is 8.21. The average molecular weight is 648 g/mol. The Morgan fingerprint density at radius 1 is 0.911 bits per heavy atom. The third kappa shape index (κ3) is 5.64. The molecule has 1 aliphatic rings. The molecule has 1 aliphatic heterocycles. The van der Waals surface area contributed by atoms with Crippen molar-refractivity contribution >= 4 is 9.84 Å². The number of halogens is 5. The van der Waals surface area contributed by atoms with Crippen LogP contribution in [-0.4, -0.2) is 40.8 Å². The molecule has 0 amide bonds. The summed E-state index contributed by atoms with van der Waals surface area (Å²) in [5, 5.41) is 13.5. The number of rotatable bonds is 6. The molecule has 0 unspecified atom stereocenters. The van der Waals surface area contributed by atoms with Crippen LogP contribution in [0.3, 0.4) is 0 Å². The Labute approximate surface area is 252 Å². The smallest absolute Gasteiger partial charge is 0.440 e. The molecule has 0 saturated carbocycles. The number of nitrogens with zero attached hydrogens (tertiary/aromatic N) is 3. The highest BCUT2D eigenvalue weighted by atomic mass is 32.2. The zero-order valence-corrected chi connectivity index (χ0v) is 24.4. The topological polar surface area (TPSA) is 117 Å². The molecule has 3 aromatic carbocycles. The molecule has 0 aliphatic carbocycles. The number of hydrogen-bond acceptors (Lipinski definition) is 8. The molecule has 15 heteroatoms. The first-order valence-corrected chi connectivity index (χ1v) is 15.0. The zero-order chi connectivity index (χ0) is 32.5. The van der Waals surface area contributed by atoms with Gasteiger partial charge in [-0.2, -0.15) is 18.3 Å². The fourth-order valence-electron chi connectivity index (χ4n) is 5.05. The standard InChI is InChI=1S/C30H22F5N3O6S/c1-15-10-26(29(31,32)33)37-38(15)22-8-6-17(18-4-5-20(14-39)25(13-18)45(3,40)41)11-21(22)28-27(36-16(2)42-28)19-7-9-23-24(12-19)44-30(34,35)43-23/h4-13,39H,14H2,1-3H3. The molecule has 0 fully saturated rings. The first kappa shape index (κ1) is 30.3. The van der Waals surface area contributed by atoms with Crippen molar-refractivity contribution in [2.75, 3.05) is 6.26 Å². The number of aliphatic hydroxyl groups excluding tert-OH is 1. The zero-order valence-electron chi connectivity index (χ0n) is 23.6. The Morgan fingerprint density at radius 3 is 2.24 bits per heavy atom. The molecule has 5 aromatic rings. The highest BCUT2D eigenvalue weighted by molar-refractivity contribution is 7.90. The van der Waals surface area contributed by atoms with Crippen LogP contribution in [0.25, 0.3) is 39.4 Å². The van der Waals surface area contributed by atoms with E-state index in [0.717, 1.165) is 17.0 Å². The van der Waals surface area contributed by atoms with E-state index in [9.17, 15) is 35.5 Å². The van der Waals surface area contributed by atoms with Crippen molar-refractivity contribution in [1.29, 1.82) is 0 Å². The lowest BCUT2D eigenvalue weighted by molar-refractivity contribution is -0.286. The van der Waals surface area contributed by atoms with E-state index in [2.05, 4.69) is 19.6 Å². The van der Waals surface area contributed by atoms with Crippen LogP contribution >= 0.6 is 0 Å². The van der Waals surface area contributed by atoms with Gasteiger partial charge in [0.05, 0.1) is 17.2 Å². The van der Waals surface area contributed by atoms with Crippen LogP contribution in [0.15, 0.2) is 70.0 Å². The van der Waals surface area contributed by atoms with Crippen molar-refractivity contribution in [1.82, 2.24) is 14.8 Å². The van der Waals surface area contributed by atoms with Gasteiger partial charge in [0.1, 0.15) is 5.69 Å². The lowest BCUT2D eigenvalue weighted by atomic mass is 9.97. The number of sulfone groups is 1. The van der Waals surface area contributed by atoms with E-state index in [-0.39, 0.29) is 61.8 Å². The van der Waals surface area contributed by atoms with Gasteiger partial charge in [-0.1, -0.05) is 18.2 Å². The summed E-state index contributed by atoms with van der Waals surface area (Å²) in [5.74, 6) is -0.242. The molecule has 45 heavy (non-hydrogen) atoms. The summed E-state index contributed by atoms with van der Waals surface area (Å²) in [7, 11) is -3.74. The molecule has 1 N–H and O–H groups in total. The Morgan fingerprint density at radius 2 is 1.58 bits per heavy atom. The van der Waals surface area contributed by atoms with Gasteiger partial charge < -0.3 is 19.0 Å². The summed E-state index contributed by atoms with van der Waals surface area (Å²) in [4.78, 5) is 4.33. The molecule has 234 valence electrons. The van der Waals surface area contributed by atoms with Crippen molar-refractivity contribution < 1.29 is 49.4 Å². The molecular formula is C30H22F5N3O6S. The highest BCUT2D eigenvalue weighted by Gasteiger charge is 2.43. The molecule has 0 bridgehead atoms. The number of benzene rings is 3. The molecule has 0 spiro atoms. The first-order valence-electron chi connectivity index (χ1n) is 13.1. The number of aryl methyl sites for hydroxylation is 2. The van der Waals surface area contributed by atoms with E-state index in [1.54, 1.807) is 18.2 Å². The lowest BCUT2D eigenvalue weighted by Gasteiger charge is -2.15. The van der Waals surface area contributed by atoms with Crippen LogP contribution in [0.4, 0.5) is 22.0 Å². The summed E-state index contributed by atoms with van der Waals surface area (Å²) >= 11 is 0. The minimum Gasteiger partial charge on any atom is -0.440 e. The largest absolute Gasteiger partial charge is 0.586 e. The minimum absolute atomic E-state index is 0.0637. The summed E-state index contributed by atoms with van der Waals surface area (Å²) in [6.45, 7) is 2.45. The maximum Gasteiger partial charge on any atom is 0.586 e. The maximum atomic E-state index is 13.7. The molecular weight excluding hydrogens is 625 g/mol. The van der Waals surface area contributed by atoms with Gasteiger partial charge in [0, 0.05) is 30.0 Å². The van der Waals surface area contributed by atoms with Crippen LogP contribution < -0.4 is 9.47 Å². The fourth-order valence-corrected chi connectivity index (χ4v) is 6.00. The Balaban J connectivity index is 1.58. The van der Waals surface area contributed by atoms with E-state index >= 15 is 0 Å². The molecule has 2 aromatic heterocycles. The highest BCUT2D eigenvalue weighted by Crippen LogP contribution is 2.45. The molecule has 0 saturated heterocycles. The summed E-state index contributed by atoms with van der Waals surface area (Å²) in [6.07, 6.45) is -7.59. The van der Waals surface area contributed by atoms with Crippen molar-refractivity contribution in [3.05, 3.63) is 83.5 Å². The van der Waals surface area contributed by atoms with Gasteiger partial charge in [0.2, 0.25) is 0 Å². The number of oxazole rings is 1. The predicted molar refractivity (Wildman–Crippen MR) is 150 cm³/mol. The third-order valence-electron chi connectivity index (χ3n) is 7.03. The Hall–Kier alpha value is -4.76. The van der Waals surface area contributed by atoms with Crippen LogP contribution in [0, 0.1) is 13.8 Å². The van der Waals surface area contributed by atoms with E-state index in [1.165, 1.54) is 50.2 Å². The number of aromatic nitrogens is 3. The molecule has 0 radical (unpaired) electrons. The second kappa shape index (κ2) is 10.4. The van der Waals surface area contributed by atoms with Crippen molar-refractivity contribution in [3.8, 4) is 50.9 Å². The quantitative estimate of drug-likeness (QED) is 0.202. The Kier molecular flexibility index (Phi) is 7.00. The molecule has 0 atom stereocenters. The second-order valence-electron chi connectivity index (χ2n) is 10.3. The Bertz CT molecular complexity index is 2090. The van der Waals surface area contributed by atoms with Crippen LogP contribution in [0.5, 0.6) is 11.5 Å². The van der Waals surface area contributed by atoms with Gasteiger partial charge in [0.25, 0.3) is 0 Å². The summed E-state index contributed by atoms with van der Waals surface area (Å²) in [6, 6.07) is 13.9. The number of fused-ring (bicyclic) bond motifs is 1. The van der Waals surface area contributed by atoms with Gasteiger partial charge >= 0.3 is 12.5 Å². The van der Waals surface area contributed by atoms with Gasteiger partial charge in [-0.3, -0.25) is 0 Å². The van der Waals surface area contributed by atoms with Gasteiger partial charge in [-0.15, -0.1) is 8.78 Å². The maximum absolute atomic E-state index is 13.7. The second-order valence-corrected chi connectivity index (χ2v) is 12.3. The van der Waals surface area contributed by atoms with Crippen LogP contribution in [0.2, 0.25) is 0 Å². The summed E-state index contributed by atoms with van der Waals surface area (Å²) < 4.78 is 109. The fraction of sp³-hybridized carbons (Fsp3) is 0.200.